The van der Waals surface area contributed by atoms with E-state index < -0.39 is 0 Å². The van der Waals surface area contributed by atoms with Crippen molar-refractivity contribution in [3.63, 3.8) is 0 Å². The van der Waals surface area contributed by atoms with Crippen molar-refractivity contribution in [1.82, 2.24) is 14.9 Å². The molecule has 138 valence electrons. The van der Waals surface area contributed by atoms with E-state index in [-0.39, 0.29) is 18.6 Å². The number of nitrogens with zero attached hydrogens (tertiary/aromatic N) is 4. The van der Waals surface area contributed by atoms with Crippen molar-refractivity contribution in [3.05, 3.63) is 42.7 Å². The van der Waals surface area contributed by atoms with E-state index in [1.165, 1.54) is 0 Å². The Morgan fingerprint density at radius 2 is 1.77 bits per heavy atom. The van der Waals surface area contributed by atoms with Gasteiger partial charge in [-0.15, -0.1) is 0 Å². The zero-order chi connectivity index (χ0) is 18.4. The van der Waals surface area contributed by atoms with Crippen LogP contribution in [0.25, 0.3) is 0 Å². The number of nitrogens with one attached hydrogen (secondary N) is 1. The maximum Gasteiger partial charge on any atom is 0.241 e. The average molecular weight is 355 g/mol. The Kier molecular flexibility index (Phi) is 5.88. The van der Waals surface area contributed by atoms with Crippen LogP contribution >= 0.6 is 0 Å². The molecule has 1 amide bonds. The first-order chi connectivity index (χ1) is 12.6. The van der Waals surface area contributed by atoms with Gasteiger partial charge in [-0.05, 0) is 44.2 Å². The van der Waals surface area contributed by atoms with Crippen LogP contribution in [0.2, 0.25) is 0 Å². The quantitative estimate of drug-likeness (QED) is 0.855. The van der Waals surface area contributed by atoms with E-state index in [1.807, 2.05) is 43.0 Å². The zero-order valence-electron chi connectivity index (χ0n) is 15.3. The molecule has 1 N–H and O–H groups in total. The van der Waals surface area contributed by atoms with Gasteiger partial charge in [-0.25, -0.2) is 9.97 Å². The Bertz CT molecular complexity index is 698. The van der Waals surface area contributed by atoms with Crippen LogP contribution in [0.5, 0.6) is 5.75 Å². The minimum atomic E-state index is 0.0983. The normalized spacial score (nSPS) is 14.4. The van der Waals surface area contributed by atoms with E-state index in [0.717, 1.165) is 30.5 Å². The number of aromatic nitrogens is 2. The van der Waals surface area contributed by atoms with E-state index in [2.05, 4.69) is 20.2 Å². The number of benzene rings is 1. The lowest BCUT2D eigenvalue weighted by Gasteiger charge is -2.34. The lowest BCUT2D eigenvalue weighted by molar-refractivity contribution is -0.129. The van der Waals surface area contributed by atoms with Gasteiger partial charge in [-0.3, -0.25) is 4.79 Å². The summed E-state index contributed by atoms with van der Waals surface area (Å²) >= 11 is 0. The highest BCUT2D eigenvalue weighted by Crippen LogP contribution is 2.17. The van der Waals surface area contributed by atoms with Gasteiger partial charge >= 0.3 is 0 Å². The lowest BCUT2D eigenvalue weighted by Crippen LogP contribution is -2.50. The maximum absolute atomic E-state index is 12.4. The molecule has 0 spiro atoms. The first kappa shape index (κ1) is 18.0. The molecule has 7 heteroatoms. The predicted molar refractivity (Wildman–Crippen MR) is 102 cm³/mol. The highest BCUT2D eigenvalue weighted by atomic mass is 16.5. The van der Waals surface area contributed by atoms with Crippen molar-refractivity contribution in [3.8, 4) is 5.75 Å². The fraction of sp³-hybridized carbons (Fsp3) is 0.421. The van der Waals surface area contributed by atoms with E-state index in [4.69, 9.17) is 4.74 Å². The highest BCUT2D eigenvalue weighted by Gasteiger charge is 2.22. The van der Waals surface area contributed by atoms with Crippen LogP contribution in [-0.4, -0.2) is 59.6 Å². The van der Waals surface area contributed by atoms with Crippen LogP contribution in [0.1, 0.15) is 13.8 Å². The van der Waals surface area contributed by atoms with Crippen molar-refractivity contribution in [1.29, 1.82) is 0 Å². The van der Waals surface area contributed by atoms with Crippen molar-refractivity contribution in [2.75, 3.05) is 42.9 Å². The Morgan fingerprint density at radius 3 is 2.38 bits per heavy atom. The van der Waals surface area contributed by atoms with Crippen molar-refractivity contribution < 1.29 is 9.53 Å². The number of ether oxygens (including phenoxy) is 1. The smallest absolute Gasteiger partial charge is 0.241 e. The third-order valence-electron chi connectivity index (χ3n) is 4.14. The van der Waals surface area contributed by atoms with Crippen LogP contribution in [-0.2, 0) is 4.79 Å². The van der Waals surface area contributed by atoms with Crippen LogP contribution < -0.4 is 15.0 Å². The maximum atomic E-state index is 12.4. The van der Waals surface area contributed by atoms with Gasteiger partial charge in [0.15, 0.2) is 0 Å². The number of piperazine rings is 1. The summed E-state index contributed by atoms with van der Waals surface area (Å²) in [5.41, 5.74) is 0.908. The number of hydrogen-bond donors (Lipinski definition) is 1. The third kappa shape index (κ3) is 4.84. The van der Waals surface area contributed by atoms with Gasteiger partial charge in [-0.2, -0.15) is 0 Å². The summed E-state index contributed by atoms with van der Waals surface area (Å²) in [6.45, 7) is 7.13. The topological polar surface area (TPSA) is 70.6 Å². The van der Waals surface area contributed by atoms with Gasteiger partial charge in [0.2, 0.25) is 11.9 Å². The number of amides is 1. The largest absolute Gasteiger partial charge is 0.491 e. The van der Waals surface area contributed by atoms with Crippen molar-refractivity contribution >= 4 is 17.5 Å². The molecule has 2 heterocycles. The molecule has 1 aromatic carbocycles. The molecule has 0 bridgehead atoms. The van der Waals surface area contributed by atoms with Crippen molar-refractivity contribution in [2.45, 2.75) is 20.0 Å². The molecule has 1 aromatic heterocycles. The van der Waals surface area contributed by atoms with Crippen LogP contribution in [0, 0.1) is 0 Å². The number of anilines is 2. The van der Waals surface area contributed by atoms with Gasteiger partial charge in [0, 0.05) is 44.3 Å². The SMILES string of the molecule is CC(C)Oc1ccc(NCC(=O)N2CCN(c3ncccn3)CC2)cc1. The Morgan fingerprint density at radius 1 is 1.12 bits per heavy atom. The predicted octanol–water partition coefficient (Wildman–Crippen LogP) is 2.02. The first-order valence-corrected chi connectivity index (χ1v) is 8.92. The summed E-state index contributed by atoms with van der Waals surface area (Å²) in [5, 5.41) is 3.18. The van der Waals surface area contributed by atoms with E-state index in [9.17, 15) is 4.79 Å². The molecule has 1 aliphatic heterocycles. The molecule has 2 aromatic rings. The molecule has 26 heavy (non-hydrogen) atoms. The summed E-state index contributed by atoms with van der Waals surface area (Å²) in [5.74, 6) is 1.65. The molecule has 1 saturated heterocycles. The molecule has 7 nitrogen and oxygen atoms in total. The van der Waals surface area contributed by atoms with Gasteiger partial charge in [0.05, 0.1) is 12.6 Å². The number of rotatable bonds is 6. The van der Waals surface area contributed by atoms with Gasteiger partial charge in [0.1, 0.15) is 5.75 Å². The van der Waals surface area contributed by atoms with Crippen LogP contribution in [0.15, 0.2) is 42.7 Å². The molecule has 1 fully saturated rings. The fourth-order valence-electron chi connectivity index (χ4n) is 2.82. The highest BCUT2D eigenvalue weighted by molar-refractivity contribution is 5.81. The Hall–Kier alpha value is -2.83. The molecule has 0 saturated carbocycles. The molecule has 0 aliphatic carbocycles. The summed E-state index contributed by atoms with van der Waals surface area (Å²) in [4.78, 5) is 24.9. The third-order valence-corrected chi connectivity index (χ3v) is 4.14. The van der Waals surface area contributed by atoms with Gasteiger partial charge < -0.3 is 19.9 Å². The number of carbonyl (C=O) groups is 1. The molecular weight excluding hydrogens is 330 g/mol. The minimum Gasteiger partial charge on any atom is -0.491 e. The van der Waals surface area contributed by atoms with E-state index in [0.29, 0.717) is 13.1 Å². The Balaban J connectivity index is 1.44. The average Bonchev–Trinajstić information content (AvgIpc) is 2.67. The second-order valence-corrected chi connectivity index (χ2v) is 6.46. The Labute approximate surface area is 154 Å². The summed E-state index contributed by atoms with van der Waals surface area (Å²) < 4.78 is 5.62. The van der Waals surface area contributed by atoms with Crippen LogP contribution in [0.4, 0.5) is 11.6 Å². The second kappa shape index (κ2) is 8.51. The van der Waals surface area contributed by atoms with Crippen LogP contribution in [0.3, 0.4) is 0 Å². The molecule has 3 rings (SSSR count). The molecular formula is C19H25N5O2. The molecule has 0 atom stereocenters. The molecule has 0 unspecified atom stereocenters. The first-order valence-electron chi connectivity index (χ1n) is 8.92. The number of carbonyl (C=O) groups excluding carboxylic acids is 1. The second-order valence-electron chi connectivity index (χ2n) is 6.46. The standard InChI is InChI=1S/C19H25N5O2/c1-15(2)26-17-6-4-16(5-7-17)22-14-18(25)23-10-12-24(13-11-23)19-20-8-3-9-21-19/h3-9,15,22H,10-14H2,1-2H3. The molecule has 1 aliphatic rings. The summed E-state index contributed by atoms with van der Waals surface area (Å²) in [7, 11) is 0. The van der Waals surface area contributed by atoms with Crippen molar-refractivity contribution in [2.24, 2.45) is 0 Å². The van der Waals surface area contributed by atoms with E-state index in [1.54, 1.807) is 18.5 Å². The lowest BCUT2D eigenvalue weighted by atomic mass is 10.3. The monoisotopic (exact) mass is 355 g/mol. The summed E-state index contributed by atoms with van der Waals surface area (Å²) in [6.07, 6.45) is 3.62. The fourth-order valence-corrected chi connectivity index (χ4v) is 2.82. The molecule has 0 radical (unpaired) electrons. The van der Waals surface area contributed by atoms with Gasteiger partial charge in [0.25, 0.3) is 0 Å². The summed E-state index contributed by atoms with van der Waals surface area (Å²) in [6, 6.07) is 9.47. The van der Waals surface area contributed by atoms with Gasteiger partial charge in [-0.1, -0.05) is 0 Å². The number of hydrogen-bond acceptors (Lipinski definition) is 6. The zero-order valence-corrected chi connectivity index (χ0v) is 15.3. The van der Waals surface area contributed by atoms with E-state index >= 15 is 0 Å². The minimum absolute atomic E-state index is 0.0983.